The minimum absolute atomic E-state index is 0.120. The van der Waals surface area contributed by atoms with Gasteiger partial charge in [-0.1, -0.05) is 17.7 Å². The summed E-state index contributed by atoms with van der Waals surface area (Å²) in [5, 5.41) is 21.5. The lowest BCUT2D eigenvalue weighted by Gasteiger charge is -2.01. The molecule has 0 atom stereocenters. The molecule has 1 aromatic rings. The Hall–Kier alpha value is -1.10. The predicted octanol–water partition coefficient (Wildman–Crippen LogP) is 1.05. The first kappa shape index (κ1) is 13.0. The number of phenols is 1. The molecule has 1 rings (SSSR count). The largest absolute Gasteiger partial charge is 0.507 e. The van der Waals surface area contributed by atoms with Crippen LogP contribution in [-0.4, -0.2) is 42.7 Å². The summed E-state index contributed by atoms with van der Waals surface area (Å²) in [6.07, 6.45) is 1.55. The smallest absolute Gasteiger partial charge is 0.125 e. The van der Waals surface area contributed by atoms with Crippen LogP contribution in [0.25, 0.3) is 0 Å². The summed E-state index contributed by atoms with van der Waals surface area (Å²) < 4.78 is 0. The molecule has 0 aromatic heterocycles. The SMILES string of the molecule is OCCNCCN=Cc1c(O)cccc1Cl. The van der Waals surface area contributed by atoms with E-state index >= 15 is 0 Å². The summed E-state index contributed by atoms with van der Waals surface area (Å²) in [4.78, 5) is 4.12. The Morgan fingerprint density at radius 1 is 1.38 bits per heavy atom. The molecule has 0 saturated carbocycles. The Balaban J connectivity index is 2.44. The van der Waals surface area contributed by atoms with Gasteiger partial charge in [0.2, 0.25) is 0 Å². The molecule has 4 nitrogen and oxygen atoms in total. The number of nitrogens with one attached hydrogen (secondary N) is 1. The van der Waals surface area contributed by atoms with Gasteiger partial charge in [-0.05, 0) is 12.1 Å². The Morgan fingerprint density at radius 2 is 2.19 bits per heavy atom. The fourth-order valence-electron chi connectivity index (χ4n) is 1.16. The van der Waals surface area contributed by atoms with Gasteiger partial charge in [-0.3, -0.25) is 4.99 Å². The van der Waals surface area contributed by atoms with Crippen LogP contribution in [0.3, 0.4) is 0 Å². The molecule has 16 heavy (non-hydrogen) atoms. The molecule has 1 aromatic carbocycles. The molecule has 0 amide bonds. The van der Waals surface area contributed by atoms with Gasteiger partial charge in [0.05, 0.1) is 23.7 Å². The van der Waals surface area contributed by atoms with Crippen molar-refractivity contribution in [1.29, 1.82) is 0 Å². The van der Waals surface area contributed by atoms with E-state index < -0.39 is 0 Å². The third kappa shape index (κ3) is 4.18. The van der Waals surface area contributed by atoms with Gasteiger partial charge in [0.15, 0.2) is 0 Å². The lowest BCUT2D eigenvalue weighted by atomic mass is 10.2. The highest BCUT2D eigenvalue weighted by Gasteiger charge is 2.01. The van der Waals surface area contributed by atoms with Gasteiger partial charge in [0, 0.05) is 19.3 Å². The highest BCUT2D eigenvalue weighted by Crippen LogP contribution is 2.22. The highest BCUT2D eigenvalue weighted by atomic mass is 35.5. The van der Waals surface area contributed by atoms with Gasteiger partial charge in [-0.15, -0.1) is 0 Å². The van der Waals surface area contributed by atoms with Gasteiger partial charge in [-0.2, -0.15) is 0 Å². The Bertz CT molecular complexity index is 336. The van der Waals surface area contributed by atoms with Crippen molar-refractivity contribution in [2.24, 2.45) is 4.99 Å². The molecular formula is C11H15ClN2O2. The first-order valence-electron chi connectivity index (χ1n) is 5.04. The first-order chi connectivity index (χ1) is 7.75. The van der Waals surface area contributed by atoms with Gasteiger partial charge in [0.1, 0.15) is 5.75 Å². The van der Waals surface area contributed by atoms with E-state index in [-0.39, 0.29) is 12.4 Å². The number of halogens is 1. The molecule has 0 spiro atoms. The molecule has 0 aliphatic rings. The fourth-order valence-corrected chi connectivity index (χ4v) is 1.38. The number of hydrogen-bond donors (Lipinski definition) is 3. The van der Waals surface area contributed by atoms with Gasteiger partial charge in [0.25, 0.3) is 0 Å². The lowest BCUT2D eigenvalue weighted by molar-refractivity contribution is 0.293. The second-order valence-corrected chi connectivity index (χ2v) is 3.59. The molecule has 0 radical (unpaired) electrons. The van der Waals surface area contributed by atoms with Crippen LogP contribution in [0, 0.1) is 0 Å². The van der Waals surface area contributed by atoms with E-state index in [2.05, 4.69) is 10.3 Å². The maximum absolute atomic E-state index is 9.51. The van der Waals surface area contributed by atoms with E-state index in [1.807, 2.05) is 0 Å². The fraction of sp³-hybridized carbons (Fsp3) is 0.364. The van der Waals surface area contributed by atoms with E-state index in [9.17, 15) is 5.11 Å². The summed E-state index contributed by atoms with van der Waals surface area (Å²) in [7, 11) is 0. The van der Waals surface area contributed by atoms with Crippen LogP contribution < -0.4 is 5.32 Å². The van der Waals surface area contributed by atoms with Crippen LogP contribution in [0.2, 0.25) is 5.02 Å². The van der Waals surface area contributed by atoms with Gasteiger partial charge < -0.3 is 15.5 Å². The maximum Gasteiger partial charge on any atom is 0.125 e. The molecule has 0 saturated heterocycles. The molecule has 5 heteroatoms. The zero-order valence-corrected chi connectivity index (χ0v) is 9.61. The van der Waals surface area contributed by atoms with Gasteiger partial charge >= 0.3 is 0 Å². The van der Waals surface area contributed by atoms with Crippen molar-refractivity contribution >= 4 is 17.8 Å². The molecule has 0 bridgehead atoms. The van der Waals surface area contributed by atoms with E-state index in [1.165, 1.54) is 0 Å². The number of aliphatic imine (C=N–C) groups is 1. The van der Waals surface area contributed by atoms with E-state index in [0.29, 0.717) is 30.2 Å². The average molecular weight is 243 g/mol. The molecule has 0 aliphatic carbocycles. The van der Waals surface area contributed by atoms with Crippen molar-refractivity contribution in [3.8, 4) is 5.75 Å². The summed E-state index contributed by atoms with van der Waals surface area (Å²) in [6.45, 7) is 1.94. The highest BCUT2D eigenvalue weighted by molar-refractivity contribution is 6.33. The number of phenolic OH excluding ortho intramolecular Hbond substituents is 1. The van der Waals surface area contributed by atoms with Crippen LogP contribution in [0.1, 0.15) is 5.56 Å². The third-order valence-electron chi connectivity index (χ3n) is 1.96. The number of rotatable bonds is 6. The summed E-state index contributed by atoms with van der Waals surface area (Å²) in [5.74, 6) is 0.125. The molecule has 0 fully saturated rings. The molecule has 88 valence electrons. The molecule has 0 unspecified atom stereocenters. The Kier molecular flexibility index (Phi) is 5.85. The van der Waals surface area contributed by atoms with Crippen molar-refractivity contribution in [2.75, 3.05) is 26.2 Å². The third-order valence-corrected chi connectivity index (χ3v) is 2.29. The van der Waals surface area contributed by atoms with E-state index in [1.54, 1.807) is 24.4 Å². The number of aliphatic hydroxyl groups is 1. The number of aromatic hydroxyl groups is 1. The summed E-state index contributed by atoms with van der Waals surface area (Å²) >= 11 is 5.89. The summed E-state index contributed by atoms with van der Waals surface area (Å²) in [5.41, 5.74) is 0.534. The minimum atomic E-state index is 0.120. The van der Waals surface area contributed by atoms with Crippen molar-refractivity contribution in [2.45, 2.75) is 0 Å². The normalized spacial score (nSPS) is 11.1. The topological polar surface area (TPSA) is 64.8 Å². The molecular weight excluding hydrogens is 228 g/mol. The van der Waals surface area contributed by atoms with Gasteiger partial charge in [-0.25, -0.2) is 0 Å². The van der Waals surface area contributed by atoms with Crippen LogP contribution in [-0.2, 0) is 0 Å². The Labute approximate surface area is 99.6 Å². The average Bonchev–Trinajstić information content (AvgIpc) is 2.26. The summed E-state index contributed by atoms with van der Waals surface area (Å²) in [6, 6.07) is 4.95. The predicted molar refractivity (Wildman–Crippen MR) is 65.5 cm³/mol. The first-order valence-corrected chi connectivity index (χ1v) is 5.42. The molecule has 3 N–H and O–H groups in total. The van der Waals surface area contributed by atoms with Crippen LogP contribution in [0.15, 0.2) is 23.2 Å². The zero-order chi connectivity index (χ0) is 11.8. The van der Waals surface area contributed by atoms with Crippen molar-refractivity contribution < 1.29 is 10.2 Å². The monoisotopic (exact) mass is 242 g/mol. The number of hydrogen-bond acceptors (Lipinski definition) is 4. The van der Waals surface area contributed by atoms with Crippen molar-refractivity contribution in [3.63, 3.8) is 0 Å². The number of benzene rings is 1. The number of aliphatic hydroxyl groups excluding tert-OH is 1. The second kappa shape index (κ2) is 7.22. The standard InChI is InChI=1S/C11H15ClN2O2/c12-10-2-1-3-11(16)9(10)8-14-5-4-13-6-7-15/h1-3,8,13,15-16H,4-7H2. The second-order valence-electron chi connectivity index (χ2n) is 3.18. The number of nitrogens with zero attached hydrogens (tertiary/aromatic N) is 1. The van der Waals surface area contributed by atoms with Crippen LogP contribution in [0.5, 0.6) is 5.75 Å². The van der Waals surface area contributed by atoms with Crippen LogP contribution in [0.4, 0.5) is 0 Å². The zero-order valence-electron chi connectivity index (χ0n) is 8.86. The lowest BCUT2D eigenvalue weighted by Crippen LogP contribution is -2.21. The van der Waals surface area contributed by atoms with E-state index in [0.717, 1.165) is 0 Å². The Morgan fingerprint density at radius 3 is 2.88 bits per heavy atom. The quantitative estimate of drug-likeness (QED) is 0.516. The van der Waals surface area contributed by atoms with E-state index in [4.69, 9.17) is 16.7 Å². The maximum atomic E-state index is 9.51. The van der Waals surface area contributed by atoms with Crippen molar-refractivity contribution in [1.82, 2.24) is 5.32 Å². The molecule has 0 heterocycles. The molecule has 0 aliphatic heterocycles. The van der Waals surface area contributed by atoms with Crippen LogP contribution >= 0.6 is 11.6 Å². The van der Waals surface area contributed by atoms with Crippen molar-refractivity contribution in [3.05, 3.63) is 28.8 Å². The minimum Gasteiger partial charge on any atom is -0.507 e.